The maximum absolute atomic E-state index is 12.3. The van der Waals surface area contributed by atoms with E-state index in [-0.39, 0.29) is 35.6 Å². The van der Waals surface area contributed by atoms with Crippen molar-refractivity contribution in [1.82, 2.24) is 15.5 Å². The zero-order valence-electron chi connectivity index (χ0n) is 16.9. The van der Waals surface area contributed by atoms with Crippen molar-refractivity contribution >= 4 is 23.6 Å². The van der Waals surface area contributed by atoms with Crippen LogP contribution in [0.25, 0.3) is 0 Å². The Morgan fingerprint density at radius 2 is 1.63 bits per heavy atom. The molecule has 4 amide bonds. The molecule has 0 bridgehead atoms. The summed E-state index contributed by atoms with van der Waals surface area (Å²) < 4.78 is 0. The molecule has 7 nitrogen and oxygen atoms in total. The Morgan fingerprint density at radius 3 is 2.30 bits per heavy atom. The van der Waals surface area contributed by atoms with Gasteiger partial charge in [0.15, 0.2) is 0 Å². The fraction of sp³-hybridized carbons (Fsp3) is 0.391. The Labute approximate surface area is 176 Å². The van der Waals surface area contributed by atoms with Crippen molar-refractivity contribution in [2.75, 3.05) is 13.1 Å². The monoisotopic (exact) mass is 409 g/mol. The van der Waals surface area contributed by atoms with Gasteiger partial charge in [0.05, 0.1) is 12.0 Å². The highest BCUT2D eigenvalue weighted by atomic mass is 16.2. The molecule has 0 saturated heterocycles. The van der Waals surface area contributed by atoms with E-state index in [4.69, 9.17) is 0 Å². The first kappa shape index (κ1) is 21.5. The summed E-state index contributed by atoms with van der Waals surface area (Å²) in [5.41, 5.74) is 1.22. The van der Waals surface area contributed by atoms with E-state index < -0.39 is 0 Å². The van der Waals surface area contributed by atoms with Gasteiger partial charge in [-0.2, -0.15) is 0 Å². The van der Waals surface area contributed by atoms with Gasteiger partial charge in [-0.15, -0.1) is 0 Å². The van der Waals surface area contributed by atoms with Crippen LogP contribution in [0.1, 0.15) is 31.2 Å². The summed E-state index contributed by atoms with van der Waals surface area (Å²) in [4.78, 5) is 48.9. The number of imide groups is 1. The third-order valence-corrected chi connectivity index (χ3v) is 5.31. The van der Waals surface area contributed by atoms with Gasteiger partial charge < -0.3 is 10.6 Å². The molecule has 0 saturated carbocycles. The molecule has 0 aromatic heterocycles. The third kappa shape index (κ3) is 5.89. The molecule has 0 radical (unpaired) electrons. The topological polar surface area (TPSA) is 95.6 Å². The fourth-order valence-electron chi connectivity index (χ4n) is 3.68. The molecule has 1 aromatic carbocycles. The molecule has 30 heavy (non-hydrogen) atoms. The van der Waals surface area contributed by atoms with Gasteiger partial charge in [0.25, 0.3) is 11.8 Å². The molecule has 1 heterocycles. The van der Waals surface area contributed by atoms with Crippen molar-refractivity contribution in [3.05, 3.63) is 60.2 Å². The van der Waals surface area contributed by atoms with Crippen LogP contribution in [0.2, 0.25) is 0 Å². The predicted octanol–water partition coefficient (Wildman–Crippen LogP) is 1.50. The zero-order chi connectivity index (χ0) is 21.3. The molecule has 1 aliphatic carbocycles. The minimum atomic E-state index is -0.308. The Bertz CT molecular complexity index is 829. The smallest absolute Gasteiger partial charge is 0.254 e. The van der Waals surface area contributed by atoms with Crippen molar-refractivity contribution < 1.29 is 19.2 Å². The predicted molar refractivity (Wildman–Crippen MR) is 112 cm³/mol. The van der Waals surface area contributed by atoms with Gasteiger partial charge in [0.1, 0.15) is 0 Å². The average molecular weight is 409 g/mol. The lowest BCUT2D eigenvalue weighted by atomic mass is 9.91. The highest BCUT2D eigenvalue weighted by Gasteiger charge is 2.32. The Hall–Kier alpha value is -3.22. The van der Waals surface area contributed by atoms with Crippen LogP contribution in [0.4, 0.5) is 0 Å². The molecular formula is C23H27N3O4. The van der Waals surface area contributed by atoms with E-state index >= 15 is 0 Å². The van der Waals surface area contributed by atoms with Crippen molar-refractivity contribution in [2.24, 2.45) is 5.92 Å². The van der Waals surface area contributed by atoms with E-state index in [0.717, 1.165) is 12.8 Å². The highest BCUT2D eigenvalue weighted by Crippen LogP contribution is 2.23. The number of nitrogens with zero attached hydrogens (tertiary/aromatic N) is 1. The molecule has 3 rings (SSSR count). The van der Waals surface area contributed by atoms with Crippen LogP contribution in [0.15, 0.2) is 54.6 Å². The summed E-state index contributed by atoms with van der Waals surface area (Å²) in [7, 11) is 0. The lowest BCUT2D eigenvalue weighted by molar-refractivity contribution is -0.138. The van der Waals surface area contributed by atoms with Crippen molar-refractivity contribution in [3.63, 3.8) is 0 Å². The number of nitrogens with one attached hydrogen (secondary N) is 2. The molecule has 1 aromatic rings. The number of amides is 4. The third-order valence-electron chi connectivity index (χ3n) is 5.31. The van der Waals surface area contributed by atoms with E-state index in [1.165, 1.54) is 22.6 Å². The lowest BCUT2D eigenvalue weighted by Crippen LogP contribution is -2.42. The number of rotatable bonds is 9. The van der Waals surface area contributed by atoms with Crippen LogP contribution < -0.4 is 10.6 Å². The average Bonchev–Trinajstić information content (AvgIpc) is 3.10. The van der Waals surface area contributed by atoms with Gasteiger partial charge in [0, 0.05) is 31.7 Å². The fourth-order valence-corrected chi connectivity index (χ4v) is 3.68. The SMILES string of the molecule is O=C(CCCc1ccccc1)NCCNC(=O)C1C=CC(N2C(=O)C=CC2=O)CC1. The molecule has 2 aliphatic rings. The minimum absolute atomic E-state index is 0.0193. The van der Waals surface area contributed by atoms with Gasteiger partial charge in [-0.3, -0.25) is 24.1 Å². The number of carbonyl (C=O) groups excluding carboxylic acids is 4. The first-order valence-electron chi connectivity index (χ1n) is 10.4. The first-order valence-corrected chi connectivity index (χ1v) is 10.4. The number of carbonyl (C=O) groups is 4. The van der Waals surface area contributed by atoms with Crippen LogP contribution in [0.3, 0.4) is 0 Å². The second-order valence-corrected chi connectivity index (χ2v) is 7.50. The van der Waals surface area contributed by atoms with E-state index in [1.807, 2.05) is 30.3 Å². The van der Waals surface area contributed by atoms with Crippen molar-refractivity contribution in [3.8, 4) is 0 Å². The number of hydrogen-bond donors (Lipinski definition) is 2. The largest absolute Gasteiger partial charge is 0.354 e. The van der Waals surface area contributed by atoms with Crippen LogP contribution in [-0.4, -0.2) is 47.7 Å². The van der Waals surface area contributed by atoms with E-state index in [0.29, 0.717) is 32.4 Å². The number of hydrogen-bond acceptors (Lipinski definition) is 4. The van der Waals surface area contributed by atoms with Gasteiger partial charge in [-0.05, 0) is 31.2 Å². The van der Waals surface area contributed by atoms with E-state index in [1.54, 1.807) is 12.2 Å². The van der Waals surface area contributed by atoms with Gasteiger partial charge >= 0.3 is 0 Å². The quantitative estimate of drug-likeness (QED) is 0.367. The molecule has 2 atom stereocenters. The maximum Gasteiger partial charge on any atom is 0.254 e. The van der Waals surface area contributed by atoms with Crippen molar-refractivity contribution in [2.45, 2.75) is 38.1 Å². The van der Waals surface area contributed by atoms with Gasteiger partial charge in [0.2, 0.25) is 11.8 Å². The molecular weight excluding hydrogens is 382 g/mol. The Morgan fingerprint density at radius 1 is 0.933 bits per heavy atom. The number of benzene rings is 1. The second kappa shape index (κ2) is 10.5. The molecule has 2 unspecified atom stereocenters. The molecule has 7 heteroatoms. The Balaban J connectivity index is 1.29. The summed E-state index contributed by atoms with van der Waals surface area (Å²) in [5, 5.41) is 5.65. The van der Waals surface area contributed by atoms with E-state index in [9.17, 15) is 19.2 Å². The maximum atomic E-state index is 12.3. The summed E-state index contributed by atoms with van der Waals surface area (Å²) in [6.45, 7) is 0.751. The first-order chi connectivity index (χ1) is 14.5. The van der Waals surface area contributed by atoms with Crippen LogP contribution in [0.5, 0.6) is 0 Å². The normalized spacial score (nSPS) is 20.5. The molecule has 0 fully saturated rings. The standard InChI is InChI=1S/C23H27N3O4/c27-20(8-4-7-17-5-2-1-3-6-17)24-15-16-25-23(30)18-9-11-19(12-10-18)26-21(28)13-14-22(26)29/h1-3,5-6,9,11,13-14,18-19H,4,7-8,10,12,15-16H2,(H,24,27)(H,25,30). The van der Waals surface area contributed by atoms with Crippen LogP contribution in [-0.2, 0) is 25.6 Å². The summed E-state index contributed by atoms with van der Waals surface area (Å²) >= 11 is 0. The summed E-state index contributed by atoms with van der Waals surface area (Å²) in [6, 6.07) is 9.75. The Kier molecular flexibility index (Phi) is 7.54. The lowest BCUT2D eigenvalue weighted by Gasteiger charge is -2.28. The number of aryl methyl sites for hydroxylation is 1. The molecule has 158 valence electrons. The van der Waals surface area contributed by atoms with Gasteiger partial charge in [-0.25, -0.2) is 0 Å². The zero-order valence-corrected chi connectivity index (χ0v) is 16.9. The minimum Gasteiger partial charge on any atom is -0.354 e. The second-order valence-electron chi connectivity index (χ2n) is 7.50. The van der Waals surface area contributed by atoms with E-state index in [2.05, 4.69) is 10.6 Å². The summed E-state index contributed by atoms with van der Waals surface area (Å²) in [6.07, 6.45) is 9.28. The van der Waals surface area contributed by atoms with Crippen LogP contribution in [0, 0.1) is 5.92 Å². The van der Waals surface area contributed by atoms with Crippen molar-refractivity contribution in [1.29, 1.82) is 0 Å². The molecule has 1 aliphatic heterocycles. The summed E-state index contributed by atoms with van der Waals surface area (Å²) in [5.74, 6) is -1.04. The highest BCUT2D eigenvalue weighted by molar-refractivity contribution is 6.13. The molecule has 2 N–H and O–H groups in total. The molecule has 0 spiro atoms. The van der Waals surface area contributed by atoms with Gasteiger partial charge in [-0.1, -0.05) is 42.5 Å². The van der Waals surface area contributed by atoms with Crippen LogP contribution >= 0.6 is 0 Å².